The molecule has 6 nitrogen and oxygen atoms in total. The molecular formula is C17H29N5O. The minimum absolute atomic E-state index is 0.0248. The van der Waals surface area contributed by atoms with Crippen LogP contribution in [0.4, 0.5) is 5.82 Å². The lowest BCUT2D eigenvalue weighted by Crippen LogP contribution is -2.47. The van der Waals surface area contributed by atoms with Crippen molar-refractivity contribution < 1.29 is 4.74 Å². The lowest BCUT2D eigenvalue weighted by atomic mass is 10.1. The van der Waals surface area contributed by atoms with Crippen molar-refractivity contribution in [2.24, 2.45) is 4.99 Å². The van der Waals surface area contributed by atoms with E-state index in [1.807, 2.05) is 12.3 Å². The van der Waals surface area contributed by atoms with Crippen LogP contribution in [0.5, 0.6) is 0 Å². The van der Waals surface area contributed by atoms with Crippen molar-refractivity contribution in [3.63, 3.8) is 0 Å². The van der Waals surface area contributed by atoms with Gasteiger partial charge in [-0.15, -0.1) is 0 Å². The van der Waals surface area contributed by atoms with E-state index in [2.05, 4.69) is 54.3 Å². The molecule has 1 aliphatic rings. The van der Waals surface area contributed by atoms with Gasteiger partial charge in [0.25, 0.3) is 0 Å². The van der Waals surface area contributed by atoms with Crippen molar-refractivity contribution >= 4 is 11.8 Å². The topological polar surface area (TPSA) is 61.8 Å². The van der Waals surface area contributed by atoms with Crippen LogP contribution in [-0.2, 0) is 11.3 Å². The highest BCUT2D eigenvalue weighted by Crippen LogP contribution is 2.19. The van der Waals surface area contributed by atoms with E-state index in [9.17, 15) is 0 Å². The predicted octanol–water partition coefficient (Wildman–Crippen LogP) is 1.77. The zero-order valence-corrected chi connectivity index (χ0v) is 14.7. The van der Waals surface area contributed by atoms with Crippen LogP contribution < -0.4 is 15.5 Å². The first-order valence-corrected chi connectivity index (χ1v) is 8.32. The van der Waals surface area contributed by atoms with Gasteiger partial charge in [0, 0.05) is 36.9 Å². The number of anilines is 1. The van der Waals surface area contributed by atoms with Crippen molar-refractivity contribution in [1.82, 2.24) is 15.6 Å². The normalized spacial score (nSPS) is 16.3. The van der Waals surface area contributed by atoms with E-state index in [0.29, 0.717) is 6.54 Å². The summed E-state index contributed by atoms with van der Waals surface area (Å²) in [5.74, 6) is 1.85. The standard InChI is InChI=1S/C17H29N5O/c1-5-18-16(21-17(2,3)4)20-13-14-7-6-8-19-15(14)22-9-11-23-12-10-22/h6-8H,5,9-13H2,1-4H3,(H2,18,20,21). The SMILES string of the molecule is CCNC(=NCc1cccnc1N1CCOCC1)NC(C)(C)C. The summed E-state index contributed by atoms with van der Waals surface area (Å²) in [6, 6.07) is 4.07. The van der Waals surface area contributed by atoms with Gasteiger partial charge in [0.1, 0.15) is 5.82 Å². The van der Waals surface area contributed by atoms with Crippen LogP contribution in [0.25, 0.3) is 0 Å². The van der Waals surface area contributed by atoms with Crippen molar-refractivity contribution in [1.29, 1.82) is 0 Å². The van der Waals surface area contributed by atoms with Gasteiger partial charge in [-0.3, -0.25) is 0 Å². The summed E-state index contributed by atoms with van der Waals surface area (Å²) < 4.78 is 5.43. The molecule has 1 aromatic heterocycles. The summed E-state index contributed by atoms with van der Waals surface area (Å²) in [5, 5.41) is 6.70. The number of nitrogens with one attached hydrogen (secondary N) is 2. The molecule has 0 saturated carbocycles. The number of hydrogen-bond donors (Lipinski definition) is 2. The van der Waals surface area contributed by atoms with Crippen LogP contribution in [0.15, 0.2) is 23.3 Å². The van der Waals surface area contributed by atoms with Gasteiger partial charge < -0.3 is 20.3 Å². The van der Waals surface area contributed by atoms with E-state index in [1.54, 1.807) is 0 Å². The fraction of sp³-hybridized carbons (Fsp3) is 0.647. The third-order valence-electron chi connectivity index (χ3n) is 3.42. The first-order valence-electron chi connectivity index (χ1n) is 8.32. The molecule has 1 aromatic rings. The smallest absolute Gasteiger partial charge is 0.191 e. The second-order valence-corrected chi connectivity index (χ2v) is 6.66. The van der Waals surface area contributed by atoms with Crippen molar-refractivity contribution in [2.45, 2.75) is 39.8 Å². The zero-order valence-electron chi connectivity index (χ0n) is 14.7. The Hall–Kier alpha value is -1.82. The summed E-state index contributed by atoms with van der Waals surface area (Å²) in [4.78, 5) is 11.6. The van der Waals surface area contributed by atoms with E-state index in [-0.39, 0.29) is 5.54 Å². The molecular weight excluding hydrogens is 290 g/mol. The van der Waals surface area contributed by atoms with E-state index in [0.717, 1.165) is 50.2 Å². The van der Waals surface area contributed by atoms with Gasteiger partial charge in [-0.05, 0) is 33.8 Å². The maximum absolute atomic E-state index is 5.43. The van der Waals surface area contributed by atoms with E-state index in [1.165, 1.54) is 0 Å². The molecule has 0 bridgehead atoms. The quantitative estimate of drug-likeness (QED) is 0.654. The van der Waals surface area contributed by atoms with Gasteiger partial charge >= 0.3 is 0 Å². The maximum atomic E-state index is 5.43. The number of ether oxygens (including phenoxy) is 1. The molecule has 128 valence electrons. The van der Waals surface area contributed by atoms with Crippen molar-refractivity contribution in [3.05, 3.63) is 23.9 Å². The van der Waals surface area contributed by atoms with Crippen LogP contribution in [0.2, 0.25) is 0 Å². The Labute approximate surface area is 139 Å². The first kappa shape index (κ1) is 17.5. The fourth-order valence-electron chi connectivity index (χ4n) is 2.44. The van der Waals surface area contributed by atoms with Gasteiger partial charge in [0.05, 0.1) is 19.8 Å². The Morgan fingerprint density at radius 3 is 2.74 bits per heavy atom. The number of rotatable bonds is 4. The van der Waals surface area contributed by atoms with Gasteiger partial charge in [-0.1, -0.05) is 6.07 Å². The molecule has 23 heavy (non-hydrogen) atoms. The van der Waals surface area contributed by atoms with Crippen LogP contribution in [-0.4, -0.2) is 49.3 Å². The molecule has 1 saturated heterocycles. The second kappa shape index (κ2) is 8.15. The Morgan fingerprint density at radius 2 is 2.09 bits per heavy atom. The minimum Gasteiger partial charge on any atom is -0.378 e. The lowest BCUT2D eigenvalue weighted by Gasteiger charge is -2.29. The Kier molecular flexibility index (Phi) is 6.21. The summed E-state index contributed by atoms with van der Waals surface area (Å²) in [6.07, 6.45) is 1.84. The zero-order chi connectivity index (χ0) is 16.7. The lowest BCUT2D eigenvalue weighted by molar-refractivity contribution is 0.122. The summed E-state index contributed by atoms with van der Waals surface area (Å²) >= 11 is 0. The Bertz CT molecular complexity index is 518. The molecule has 0 amide bonds. The van der Waals surface area contributed by atoms with E-state index in [4.69, 9.17) is 9.73 Å². The maximum Gasteiger partial charge on any atom is 0.191 e. The summed E-state index contributed by atoms with van der Waals surface area (Å²) in [5.41, 5.74) is 1.11. The molecule has 2 N–H and O–H groups in total. The van der Waals surface area contributed by atoms with Gasteiger partial charge in [0.2, 0.25) is 0 Å². The number of hydrogen-bond acceptors (Lipinski definition) is 4. The van der Waals surface area contributed by atoms with Gasteiger partial charge in [-0.2, -0.15) is 0 Å². The molecule has 0 spiro atoms. The number of nitrogens with zero attached hydrogens (tertiary/aromatic N) is 3. The van der Waals surface area contributed by atoms with Crippen LogP contribution in [0.1, 0.15) is 33.3 Å². The predicted molar refractivity (Wildman–Crippen MR) is 95.0 cm³/mol. The summed E-state index contributed by atoms with van der Waals surface area (Å²) in [6.45, 7) is 13.2. The number of pyridine rings is 1. The molecule has 1 fully saturated rings. The Balaban J connectivity index is 2.13. The molecule has 2 heterocycles. The largest absolute Gasteiger partial charge is 0.378 e. The number of guanidine groups is 1. The van der Waals surface area contributed by atoms with Crippen molar-refractivity contribution in [3.8, 4) is 0 Å². The van der Waals surface area contributed by atoms with Crippen LogP contribution >= 0.6 is 0 Å². The average molecular weight is 319 g/mol. The molecule has 0 unspecified atom stereocenters. The summed E-state index contributed by atoms with van der Waals surface area (Å²) in [7, 11) is 0. The molecule has 0 aliphatic carbocycles. The second-order valence-electron chi connectivity index (χ2n) is 6.66. The number of morpholine rings is 1. The van der Waals surface area contributed by atoms with Gasteiger partial charge in [0.15, 0.2) is 5.96 Å². The van der Waals surface area contributed by atoms with Crippen LogP contribution in [0.3, 0.4) is 0 Å². The van der Waals surface area contributed by atoms with Crippen LogP contribution in [0, 0.1) is 0 Å². The molecule has 0 aromatic carbocycles. The fourth-order valence-corrected chi connectivity index (χ4v) is 2.44. The highest BCUT2D eigenvalue weighted by molar-refractivity contribution is 5.80. The third-order valence-corrected chi connectivity index (χ3v) is 3.42. The van der Waals surface area contributed by atoms with E-state index >= 15 is 0 Å². The molecule has 1 aliphatic heterocycles. The molecule has 2 rings (SSSR count). The number of aromatic nitrogens is 1. The third kappa shape index (κ3) is 5.71. The van der Waals surface area contributed by atoms with E-state index < -0.39 is 0 Å². The molecule has 6 heteroatoms. The Morgan fingerprint density at radius 1 is 1.35 bits per heavy atom. The highest BCUT2D eigenvalue weighted by atomic mass is 16.5. The minimum atomic E-state index is -0.0248. The molecule has 0 radical (unpaired) electrons. The van der Waals surface area contributed by atoms with Crippen molar-refractivity contribution in [2.75, 3.05) is 37.7 Å². The van der Waals surface area contributed by atoms with Gasteiger partial charge in [-0.25, -0.2) is 9.98 Å². The monoisotopic (exact) mass is 319 g/mol. The average Bonchev–Trinajstić information content (AvgIpc) is 2.53. The molecule has 0 atom stereocenters. The highest BCUT2D eigenvalue weighted by Gasteiger charge is 2.16. The first-order chi connectivity index (χ1) is 11.0. The number of aliphatic imine (C=N–C) groups is 1.